The van der Waals surface area contributed by atoms with Crippen LogP contribution in [-0.2, 0) is 9.31 Å². The van der Waals surface area contributed by atoms with Crippen molar-refractivity contribution in [3.05, 3.63) is 41.4 Å². The van der Waals surface area contributed by atoms with Gasteiger partial charge in [-0.25, -0.2) is 0 Å². The minimum absolute atomic E-state index is 0.330. The Kier molecular flexibility index (Phi) is 3.77. The number of nitrogens with zero attached hydrogens (tertiary/aromatic N) is 1. The second-order valence-corrected chi connectivity index (χ2v) is 6.17. The lowest BCUT2D eigenvalue weighted by atomic mass is 9.85. The molecule has 0 unspecified atom stereocenters. The molecule has 1 aliphatic heterocycles. The van der Waals surface area contributed by atoms with Crippen molar-refractivity contribution < 1.29 is 9.31 Å². The number of benzene rings is 1. The van der Waals surface area contributed by atoms with Crippen LogP contribution in [-0.4, -0.2) is 18.3 Å². The van der Waals surface area contributed by atoms with Crippen molar-refractivity contribution in [3.63, 3.8) is 0 Å². The summed E-state index contributed by atoms with van der Waals surface area (Å²) in [7, 11) is -0.356. The van der Waals surface area contributed by atoms with E-state index in [1.807, 2.05) is 58.8 Å². The molecule has 0 amide bonds. The van der Waals surface area contributed by atoms with E-state index in [0.717, 1.165) is 11.1 Å². The van der Waals surface area contributed by atoms with E-state index in [9.17, 15) is 0 Å². The Bertz CT molecular complexity index is 568. The van der Waals surface area contributed by atoms with E-state index in [2.05, 4.69) is 6.07 Å². The third-order valence-corrected chi connectivity index (χ3v) is 4.10. The second-order valence-electron chi connectivity index (χ2n) is 6.17. The predicted molar refractivity (Wildman–Crippen MR) is 80.9 cm³/mol. The monoisotopic (exact) mass is 269 g/mol. The second kappa shape index (κ2) is 5.08. The summed E-state index contributed by atoms with van der Waals surface area (Å²) in [6, 6.07) is 9.69. The Morgan fingerprint density at radius 2 is 1.80 bits per heavy atom. The maximum Gasteiger partial charge on any atom is 0.487 e. The van der Waals surface area contributed by atoms with Crippen molar-refractivity contribution in [1.29, 1.82) is 5.26 Å². The molecule has 4 heteroatoms. The lowest BCUT2D eigenvalue weighted by molar-refractivity contribution is 0.00578. The zero-order valence-electron chi connectivity index (χ0n) is 12.7. The summed E-state index contributed by atoms with van der Waals surface area (Å²) in [4.78, 5) is 0. The molecule has 1 fully saturated rings. The average Bonchev–Trinajstić information content (AvgIpc) is 2.57. The molecule has 0 spiro atoms. The molecule has 1 saturated heterocycles. The number of allylic oxidation sites excluding steroid dienone is 1. The van der Waals surface area contributed by atoms with Crippen LogP contribution in [0.15, 0.2) is 30.2 Å². The number of hydrogen-bond donors (Lipinski definition) is 0. The number of rotatable bonds is 2. The van der Waals surface area contributed by atoms with Crippen LogP contribution in [0.2, 0.25) is 0 Å². The van der Waals surface area contributed by atoms with Gasteiger partial charge in [0.25, 0.3) is 0 Å². The molecule has 0 aromatic heterocycles. The first kappa shape index (κ1) is 14.8. The maximum atomic E-state index is 8.95. The molecule has 1 aromatic rings. The molecule has 20 heavy (non-hydrogen) atoms. The van der Waals surface area contributed by atoms with Crippen LogP contribution in [0.25, 0.3) is 5.57 Å². The van der Waals surface area contributed by atoms with Crippen molar-refractivity contribution in [3.8, 4) is 6.07 Å². The summed E-state index contributed by atoms with van der Waals surface area (Å²) in [6.45, 7) is 10.1. The van der Waals surface area contributed by atoms with Gasteiger partial charge in [-0.05, 0) is 52.3 Å². The van der Waals surface area contributed by atoms with Gasteiger partial charge in [0.15, 0.2) is 0 Å². The molecule has 3 nitrogen and oxygen atoms in total. The molecule has 0 saturated carbocycles. The minimum Gasteiger partial charge on any atom is -0.400 e. The van der Waals surface area contributed by atoms with E-state index >= 15 is 0 Å². The molecule has 0 radical (unpaired) electrons. The van der Waals surface area contributed by atoms with Crippen molar-refractivity contribution in [2.75, 3.05) is 0 Å². The van der Waals surface area contributed by atoms with E-state index in [0.29, 0.717) is 5.56 Å². The van der Waals surface area contributed by atoms with Gasteiger partial charge in [-0.15, -0.1) is 0 Å². The van der Waals surface area contributed by atoms with E-state index in [-0.39, 0.29) is 18.3 Å². The third kappa shape index (κ3) is 2.79. The lowest BCUT2D eigenvalue weighted by Crippen LogP contribution is -2.41. The number of hydrogen-bond acceptors (Lipinski definition) is 3. The Morgan fingerprint density at radius 3 is 2.35 bits per heavy atom. The molecule has 0 aliphatic carbocycles. The van der Waals surface area contributed by atoms with Crippen LogP contribution in [0.4, 0.5) is 0 Å². The topological polar surface area (TPSA) is 42.2 Å². The van der Waals surface area contributed by atoms with Gasteiger partial charge in [0.1, 0.15) is 0 Å². The molecule has 1 aromatic carbocycles. The molecule has 0 N–H and O–H groups in total. The standard InChI is InChI=1S/C16H20BNO2/c1-12(14-8-6-7-13(9-14)11-18)10-17-19-15(2,3)16(4,5)20-17/h6-10H,1-5H3/b12-10-. The zero-order valence-corrected chi connectivity index (χ0v) is 12.7. The zero-order chi connectivity index (χ0) is 15.0. The quantitative estimate of drug-likeness (QED) is 0.770. The molecule has 2 rings (SSSR count). The smallest absolute Gasteiger partial charge is 0.400 e. The van der Waals surface area contributed by atoms with E-state index in [1.54, 1.807) is 6.07 Å². The maximum absolute atomic E-state index is 8.95. The normalized spacial score (nSPS) is 20.8. The van der Waals surface area contributed by atoms with E-state index in [4.69, 9.17) is 14.6 Å². The Morgan fingerprint density at radius 1 is 1.20 bits per heavy atom. The van der Waals surface area contributed by atoms with Crippen molar-refractivity contribution in [2.45, 2.75) is 45.8 Å². The summed E-state index contributed by atoms with van der Waals surface area (Å²) in [5.74, 6) is 1.97. The summed E-state index contributed by atoms with van der Waals surface area (Å²) in [6.07, 6.45) is 0. The summed E-state index contributed by atoms with van der Waals surface area (Å²) >= 11 is 0. The van der Waals surface area contributed by atoms with Gasteiger partial charge >= 0.3 is 7.12 Å². The number of nitriles is 1. The van der Waals surface area contributed by atoms with Crippen LogP contribution >= 0.6 is 0 Å². The Labute approximate surface area is 121 Å². The average molecular weight is 269 g/mol. The van der Waals surface area contributed by atoms with E-state index < -0.39 is 0 Å². The van der Waals surface area contributed by atoms with Gasteiger partial charge in [-0.2, -0.15) is 5.26 Å². The molecule has 1 heterocycles. The fraction of sp³-hybridized carbons (Fsp3) is 0.438. The van der Waals surface area contributed by atoms with Crippen LogP contribution < -0.4 is 0 Å². The largest absolute Gasteiger partial charge is 0.487 e. The SMILES string of the molecule is C/C(=C/B1OC(C)(C)C(C)(C)O1)c1cccc(C#N)c1. The molecular formula is C16H20BNO2. The molecule has 1 aliphatic rings. The minimum atomic E-state index is -0.356. The predicted octanol–water partition coefficient (Wildman–Crippen LogP) is 3.59. The van der Waals surface area contributed by atoms with Gasteiger partial charge in [0.2, 0.25) is 0 Å². The highest BCUT2D eigenvalue weighted by molar-refractivity contribution is 6.53. The van der Waals surface area contributed by atoms with Crippen LogP contribution in [0, 0.1) is 11.3 Å². The van der Waals surface area contributed by atoms with Gasteiger partial charge in [-0.1, -0.05) is 23.7 Å². The first-order chi connectivity index (χ1) is 9.25. The highest BCUT2D eigenvalue weighted by Gasteiger charge is 2.50. The highest BCUT2D eigenvalue weighted by atomic mass is 16.7. The van der Waals surface area contributed by atoms with Gasteiger partial charge < -0.3 is 9.31 Å². The van der Waals surface area contributed by atoms with E-state index in [1.165, 1.54) is 0 Å². The fourth-order valence-electron chi connectivity index (χ4n) is 2.09. The lowest BCUT2D eigenvalue weighted by Gasteiger charge is -2.32. The highest BCUT2D eigenvalue weighted by Crippen LogP contribution is 2.37. The third-order valence-electron chi connectivity index (χ3n) is 4.10. The van der Waals surface area contributed by atoms with Crippen LogP contribution in [0.5, 0.6) is 0 Å². The first-order valence-electron chi connectivity index (χ1n) is 6.80. The fourth-order valence-corrected chi connectivity index (χ4v) is 2.09. The summed E-state index contributed by atoms with van der Waals surface area (Å²) in [5, 5.41) is 8.95. The molecule has 104 valence electrons. The van der Waals surface area contributed by atoms with Crippen molar-refractivity contribution in [1.82, 2.24) is 0 Å². The van der Waals surface area contributed by atoms with Gasteiger partial charge in [-0.3, -0.25) is 0 Å². The molecular weight excluding hydrogens is 249 g/mol. The molecule has 0 bridgehead atoms. The molecule has 0 atom stereocenters. The van der Waals surface area contributed by atoms with Gasteiger partial charge in [0.05, 0.1) is 22.8 Å². The van der Waals surface area contributed by atoms with Crippen molar-refractivity contribution in [2.24, 2.45) is 0 Å². The van der Waals surface area contributed by atoms with Gasteiger partial charge in [0, 0.05) is 0 Å². The summed E-state index contributed by atoms with van der Waals surface area (Å²) < 4.78 is 11.9. The van der Waals surface area contributed by atoms with Crippen LogP contribution in [0.1, 0.15) is 45.7 Å². The first-order valence-corrected chi connectivity index (χ1v) is 6.80. The van der Waals surface area contributed by atoms with Crippen molar-refractivity contribution >= 4 is 12.7 Å². The Balaban J connectivity index is 2.22. The van der Waals surface area contributed by atoms with Crippen LogP contribution in [0.3, 0.4) is 0 Å². The Hall–Kier alpha value is -1.57. The summed E-state index contributed by atoms with van der Waals surface area (Å²) in [5.41, 5.74) is 2.05.